The number of ether oxygens (including phenoxy) is 1. The summed E-state index contributed by atoms with van der Waals surface area (Å²) in [6.07, 6.45) is 0. The standard InChI is InChI=1S/C19H21BrClNO2/c1-11-7-13(3)16(8-12(11)2)14(4)22-19(23)10-24-18-6-5-15(21)9-17(18)20/h5-9,14H,10H2,1-4H3,(H,22,23)/t14-/m0/s1. The van der Waals surface area contributed by atoms with Gasteiger partial charge < -0.3 is 10.1 Å². The molecular formula is C19H21BrClNO2. The summed E-state index contributed by atoms with van der Waals surface area (Å²) in [4.78, 5) is 12.2. The molecule has 0 aliphatic carbocycles. The Bertz CT molecular complexity index is 761. The quantitative estimate of drug-likeness (QED) is 0.728. The Morgan fingerprint density at radius 2 is 1.83 bits per heavy atom. The molecule has 0 aliphatic rings. The van der Waals surface area contributed by atoms with E-state index in [0.29, 0.717) is 10.8 Å². The molecular weight excluding hydrogens is 390 g/mol. The van der Waals surface area contributed by atoms with Crippen molar-refractivity contribution in [1.29, 1.82) is 0 Å². The maximum atomic E-state index is 12.2. The second kappa shape index (κ2) is 8.04. The number of amides is 1. The number of rotatable bonds is 5. The molecule has 0 saturated carbocycles. The fourth-order valence-electron chi connectivity index (χ4n) is 2.55. The molecule has 0 heterocycles. The van der Waals surface area contributed by atoms with Crippen molar-refractivity contribution in [1.82, 2.24) is 5.32 Å². The molecule has 128 valence electrons. The Morgan fingerprint density at radius 3 is 2.50 bits per heavy atom. The first-order chi connectivity index (χ1) is 11.3. The van der Waals surface area contributed by atoms with Crippen LogP contribution in [0.15, 0.2) is 34.8 Å². The van der Waals surface area contributed by atoms with E-state index in [-0.39, 0.29) is 18.6 Å². The van der Waals surface area contributed by atoms with Crippen LogP contribution in [-0.4, -0.2) is 12.5 Å². The molecule has 0 spiro atoms. The van der Waals surface area contributed by atoms with E-state index in [0.717, 1.165) is 10.0 Å². The van der Waals surface area contributed by atoms with Gasteiger partial charge in [0, 0.05) is 5.02 Å². The molecule has 2 rings (SSSR count). The number of aryl methyl sites for hydroxylation is 3. The Labute approximate surface area is 156 Å². The molecule has 24 heavy (non-hydrogen) atoms. The van der Waals surface area contributed by atoms with Crippen molar-refractivity contribution in [3.05, 3.63) is 62.1 Å². The highest BCUT2D eigenvalue weighted by atomic mass is 79.9. The number of carbonyl (C=O) groups excluding carboxylic acids is 1. The van der Waals surface area contributed by atoms with Crippen molar-refractivity contribution in [3.63, 3.8) is 0 Å². The van der Waals surface area contributed by atoms with Gasteiger partial charge in [0.15, 0.2) is 6.61 Å². The first kappa shape index (κ1) is 18.8. The third-order valence-corrected chi connectivity index (χ3v) is 4.83. The van der Waals surface area contributed by atoms with Crippen LogP contribution < -0.4 is 10.1 Å². The lowest BCUT2D eigenvalue weighted by Gasteiger charge is -2.18. The molecule has 0 fully saturated rings. The Kier molecular flexibility index (Phi) is 6.30. The fourth-order valence-corrected chi connectivity index (χ4v) is 3.34. The first-order valence-electron chi connectivity index (χ1n) is 7.73. The van der Waals surface area contributed by atoms with Gasteiger partial charge in [0.25, 0.3) is 5.91 Å². The van der Waals surface area contributed by atoms with Gasteiger partial charge in [-0.1, -0.05) is 23.7 Å². The zero-order valence-electron chi connectivity index (χ0n) is 14.2. The van der Waals surface area contributed by atoms with Gasteiger partial charge in [-0.2, -0.15) is 0 Å². The maximum absolute atomic E-state index is 12.2. The van der Waals surface area contributed by atoms with Crippen LogP contribution in [-0.2, 0) is 4.79 Å². The summed E-state index contributed by atoms with van der Waals surface area (Å²) >= 11 is 9.26. The summed E-state index contributed by atoms with van der Waals surface area (Å²) in [6.45, 7) is 8.16. The highest BCUT2D eigenvalue weighted by molar-refractivity contribution is 9.10. The minimum Gasteiger partial charge on any atom is -0.483 e. The minimum atomic E-state index is -0.165. The Balaban J connectivity index is 1.98. The van der Waals surface area contributed by atoms with Crippen LogP contribution in [0.2, 0.25) is 5.02 Å². The lowest BCUT2D eigenvalue weighted by molar-refractivity contribution is -0.123. The highest BCUT2D eigenvalue weighted by Gasteiger charge is 2.14. The lowest BCUT2D eigenvalue weighted by atomic mass is 9.96. The van der Waals surface area contributed by atoms with Gasteiger partial charge in [-0.05, 0) is 84.1 Å². The average Bonchev–Trinajstić information content (AvgIpc) is 2.50. The topological polar surface area (TPSA) is 38.3 Å². The van der Waals surface area contributed by atoms with Gasteiger partial charge in [-0.25, -0.2) is 0 Å². The second-order valence-corrected chi connectivity index (χ2v) is 7.24. The molecule has 5 heteroatoms. The SMILES string of the molecule is Cc1cc(C)c([C@H](C)NC(=O)COc2ccc(Cl)cc2Br)cc1C. The predicted molar refractivity (Wildman–Crippen MR) is 102 cm³/mol. The molecule has 0 unspecified atom stereocenters. The summed E-state index contributed by atoms with van der Waals surface area (Å²) in [6, 6.07) is 9.39. The van der Waals surface area contributed by atoms with Crippen molar-refractivity contribution < 1.29 is 9.53 Å². The van der Waals surface area contributed by atoms with Gasteiger partial charge in [-0.3, -0.25) is 4.79 Å². The number of hydrogen-bond donors (Lipinski definition) is 1. The number of halogens is 2. The van der Waals surface area contributed by atoms with Crippen molar-refractivity contribution in [2.75, 3.05) is 6.61 Å². The average molecular weight is 411 g/mol. The maximum Gasteiger partial charge on any atom is 0.258 e. The van der Waals surface area contributed by atoms with Gasteiger partial charge in [-0.15, -0.1) is 0 Å². The Morgan fingerprint density at radius 1 is 1.17 bits per heavy atom. The summed E-state index contributed by atoms with van der Waals surface area (Å²) in [5, 5.41) is 3.59. The monoisotopic (exact) mass is 409 g/mol. The minimum absolute atomic E-state index is 0.0472. The fraction of sp³-hybridized carbons (Fsp3) is 0.316. The van der Waals surface area contributed by atoms with E-state index in [4.69, 9.17) is 16.3 Å². The summed E-state index contributed by atoms with van der Waals surface area (Å²) in [5.74, 6) is 0.423. The van der Waals surface area contributed by atoms with Crippen LogP contribution in [0.5, 0.6) is 5.75 Å². The largest absolute Gasteiger partial charge is 0.483 e. The highest BCUT2D eigenvalue weighted by Crippen LogP contribution is 2.28. The summed E-state index contributed by atoms with van der Waals surface area (Å²) in [5.41, 5.74) is 4.77. The van der Waals surface area contributed by atoms with Crippen molar-refractivity contribution >= 4 is 33.4 Å². The second-order valence-electron chi connectivity index (χ2n) is 5.95. The van der Waals surface area contributed by atoms with E-state index in [1.807, 2.05) is 6.92 Å². The Hall–Kier alpha value is -1.52. The molecule has 0 aliphatic heterocycles. The van der Waals surface area contributed by atoms with E-state index in [1.165, 1.54) is 16.7 Å². The predicted octanol–water partition coefficient (Wildman–Crippen LogP) is 5.28. The molecule has 3 nitrogen and oxygen atoms in total. The molecule has 0 radical (unpaired) electrons. The molecule has 1 amide bonds. The molecule has 0 aromatic heterocycles. The zero-order chi connectivity index (χ0) is 17.9. The molecule has 0 saturated heterocycles. The normalized spacial score (nSPS) is 11.9. The molecule has 1 N–H and O–H groups in total. The third kappa shape index (κ3) is 4.74. The molecule has 1 atom stereocenters. The van der Waals surface area contributed by atoms with Crippen LogP contribution in [0, 0.1) is 20.8 Å². The van der Waals surface area contributed by atoms with Crippen LogP contribution >= 0.6 is 27.5 Å². The van der Waals surface area contributed by atoms with Gasteiger partial charge in [0.05, 0.1) is 10.5 Å². The van der Waals surface area contributed by atoms with Crippen LogP contribution in [0.25, 0.3) is 0 Å². The van der Waals surface area contributed by atoms with Gasteiger partial charge in [0.2, 0.25) is 0 Å². The van der Waals surface area contributed by atoms with Gasteiger partial charge >= 0.3 is 0 Å². The number of hydrogen-bond acceptors (Lipinski definition) is 2. The molecule has 2 aromatic carbocycles. The third-order valence-electron chi connectivity index (χ3n) is 3.98. The molecule has 2 aromatic rings. The van der Waals surface area contributed by atoms with Crippen LogP contribution in [0.4, 0.5) is 0 Å². The molecule has 0 bridgehead atoms. The van der Waals surface area contributed by atoms with Crippen molar-refractivity contribution in [2.45, 2.75) is 33.7 Å². The number of nitrogens with one attached hydrogen (secondary N) is 1. The van der Waals surface area contributed by atoms with Crippen molar-refractivity contribution in [2.24, 2.45) is 0 Å². The van der Waals surface area contributed by atoms with E-state index in [1.54, 1.807) is 18.2 Å². The zero-order valence-corrected chi connectivity index (χ0v) is 16.6. The number of benzene rings is 2. The van der Waals surface area contributed by atoms with E-state index in [2.05, 4.69) is 54.2 Å². The lowest BCUT2D eigenvalue weighted by Crippen LogP contribution is -2.31. The first-order valence-corrected chi connectivity index (χ1v) is 8.90. The van der Waals surface area contributed by atoms with Gasteiger partial charge in [0.1, 0.15) is 5.75 Å². The van der Waals surface area contributed by atoms with Crippen LogP contribution in [0.1, 0.15) is 35.2 Å². The van der Waals surface area contributed by atoms with Crippen molar-refractivity contribution in [3.8, 4) is 5.75 Å². The van der Waals surface area contributed by atoms with Crippen LogP contribution in [0.3, 0.4) is 0 Å². The number of carbonyl (C=O) groups is 1. The van der Waals surface area contributed by atoms with E-state index < -0.39 is 0 Å². The summed E-state index contributed by atoms with van der Waals surface area (Å²) < 4.78 is 6.27. The van der Waals surface area contributed by atoms with E-state index in [9.17, 15) is 4.79 Å². The smallest absolute Gasteiger partial charge is 0.258 e. The van der Waals surface area contributed by atoms with E-state index >= 15 is 0 Å². The summed E-state index contributed by atoms with van der Waals surface area (Å²) in [7, 11) is 0.